The van der Waals surface area contributed by atoms with Crippen molar-refractivity contribution >= 4 is 23.4 Å². The van der Waals surface area contributed by atoms with Crippen molar-refractivity contribution in [1.29, 1.82) is 0 Å². The summed E-state index contributed by atoms with van der Waals surface area (Å²) in [6.45, 7) is 2.17. The number of nitrogens with zero attached hydrogens (tertiary/aromatic N) is 4. The van der Waals surface area contributed by atoms with Gasteiger partial charge in [-0.2, -0.15) is 0 Å². The molecule has 0 aliphatic carbocycles. The van der Waals surface area contributed by atoms with Crippen LogP contribution in [-0.2, 0) is 22.7 Å². The number of amides is 2. The van der Waals surface area contributed by atoms with Crippen LogP contribution in [0.1, 0.15) is 17.7 Å². The Morgan fingerprint density at radius 2 is 1.87 bits per heavy atom. The van der Waals surface area contributed by atoms with Gasteiger partial charge in [0.2, 0.25) is 5.91 Å². The molecule has 2 aromatic rings. The van der Waals surface area contributed by atoms with E-state index in [0.29, 0.717) is 37.6 Å². The first-order valence-corrected chi connectivity index (χ1v) is 10.5. The molecule has 1 aromatic carbocycles. The van der Waals surface area contributed by atoms with Crippen LogP contribution in [0.5, 0.6) is 0 Å². The van der Waals surface area contributed by atoms with Gasteiger partial charge in [0.15, 0.2) is 0 Å². The molecule has 5 rings (SSSR count). The summed E-state index contributed by atoms with van der Waals surface area (Å²) in [5, 5.41) is 10.8. The number of hydrogen-bond donors (Lipinski definition) is 1. The molecule has 2 amide bonds. The summed E-state index contributed by atoms with van der Waals surface area (Å²) in [5.41, 5.74) is 0.900. The lowest BCUT2D eigenvalue weighted by molar-refractivity contribution is -0.181. The Bertz CT molecular complexity index is 979. The molecule has 0 bridgehead atoms. The largest absolute Gasteiger partial charge is 0.392 e. The number of aliphatic hydroxyl groups excluding tert-OH is 1. The summed E-state index contributed by atoms with van der Waals surface area (Å²) >= 11 is 6.29. The van der Waals surface area contributed by atoms with Gasteiger partial charge in [0, 0.05) is 37.4 Å². The Morgan fingerprint density at radius 1 is 1.10 bits per heavy atom. The molecule has 2 atom stereocenters. The highest BCUT2D eigenvalue weighted by molar-refractivity contribution is 6.31. The quantitative estimate of drug-likeness (QED) is 0.742. The second-order valence-corrected chi connectivity index (χ2v) is 8.78. The van der Waals surface area contributed by atoms with E-state index in [1.807, 2.05) is 41.3 Å². The van der Waals surface area contributed by atoms with Crippen molar-refractivity contribution in [1.82, 2.24) is 19.7 Å². The summed E-state index contributed by atoms with van der Waals surface area (Å²) in [5.74, 6) is -0.444. The summed E-state index contributed by atoms with van der Waals surface area (Å²) in [6, 6.07) is 12.6. The fourth-order valence-corrected chi connectivity index (χ4v) is 5.16. The number of carbonyl (C=O) groups excluding carboxylic acids is 2. The van der Waals surface area contributed by atoms with E-state index in [-0.39, 0.29) is 18.4 Å². The fourth-order valence-electron chi connectivity index (χ4n) is 4.96. The average molecular weight is 427 g/mol. The summed E-state index contributed by atoms with van der Waals surface area (Å²) in [7, 11) is 0. The van der Waals surface area contributed by atoms with Gasteiger partial charge in [-0.05, 0) is 30.2 Å². The third kappa shape index (κ3) is 3.13. The third-order valence-corrected chi connectivity index (χ3v) is 6.76. The lowest BCUT2D eigenvalue weighted by Gasteiger charge is -2.58. The predicted molar refractivity (Wildman–Crippen MR) is 110 cm³/mol. The number of imide groups is 1. The monoisotopic (exact) mass is 426 g/mol. The molecular formula is C22H23ClN4O3. The molecule has 3 fully saturated rings. The van der Waals surface area contributed by atoms with Crippen molar-refractivity contribution < 1.29 is 14.7 Å². The molecule has 3 aliphatic heterocycles. The van der Waals surface area contributed by atoms with Crippen molar-refractivity contribution in [3.8, 4) is 0 Å². The molecule has 1 spiro atoms. The van der Waals surface area contributed by atoms with Gasteiger partial charge in [-0.15, -0.1) is 0 Å². The van der Waals surface area contributed by atoms with E-state index in [9.17, 15) is 14.7 Å². The SMILES string of the molecule is O=C1[C@@H]2C[C@@H](O)CN2C2(CN(Cc3ccccn3)C2)C(=O)N1Cc1ccccc1Cl. The number of aromatic nitrogens is 1. The molecule has 156 valence electrons. The molecule has 4 heterocycles. The van der Waals surface area contributed by atoms with Crippen molar-refractivity contribution in [3.05, 3.63) is 64.9 Å². The highest BCUT2D eigenvalue weighted by Crippen LogP contribution is 2.41. The zero-order chi connectivity index (χ0) is 20.9. The first-order valence-electron chi connectivity index (χ1n) is 10.1. The van der Waals surface area contributed by atoms with Crippen LogP contribution in [0.25, 0.3) is 0 Å². The normalized spacial score (nSPS) is 26.1. The topological polar surface area (TPSA) is 77.0 Å². The number of β-amino-alcohol motifs (C(OH)–C–C–N with tert-alkyl or cyclic N) is 1. The zero-order valence-corrected chi connectivity index (χ0v) is 17.2. The number of likely N-dealkylation sites (tertiary alicyclic amines) is 1. The van der Waals surface area contributed by atoms with E-state index < -0.39 is 17.7 Å². The van der Waals surface area contributed by atoms with Gasteiger partial charge in [-0.1, -0.05) is 35.9 Å². The highest BCUT2D eigenvalue weighted by atomic mass is 35.5. The van der Waals surface area contributed by atoms with Gasteiger partial charge in [0.05, 0.1) is 24.4 Å². The Kier molecular flexibility index (Phi) is 4.86. The average Bonchev–Trinajstić information content (AvgIpc) is 3.11. The second kappa shape index (κ2) is 7.42. The number of carbonyl (C=O) groups is 2. The Morgan fingerprint density at radius 3 is 2.60 bits per heavy atom. The zero-order valence-electron chi connectivity index (χ0n) is 16.4. The van der Waals surface area contributed by atoms with E-state index in [0.717, 1.165) is 11.3 Å². The minimum Gasteiger partial charge on any atom is -0.392 e. The first kappa shape index (κ1) is 19.6. The van der Waals surface area contributed by atoms with Crippen LogP contribution in [0.4, 0.5) is 0 Å². The van der Waals surface area contributed by atoms with E-state index in [2.05, 4.69) is 9.88 Å². The number of benzene rings is 1. The van der Waals surface area contributed by atoms with Gasteiger partial charge in [0.1, 0.15) is 5.54 Å². The van der Waals surface area contributed by atoms with Crippen LogP contribution >= 0.6 is 11.6 Å². The number of fused-ring (bicyclic) bond motifs is 2. The lowest BCUT2D eigenvalue weighted by Crippen LogP contribution is -2.81. The van der Waals surface area contributed by atoms with Crippen LogP contribution in [0, 0.1) is 0 Å². The summed E-state index contributed by atoms with van der Waals surface area (Å²) in [6.07, 6.45) is 1.51. The molecule has 0 radical (unpaired) electrons. The van der Waals surface area contributed by atoms with Gasteiger partial charge in [-0.25, -0.2) is 0 Å². The van der Waals surface area contributed by atoms with E-state index in [4.69, 9.17) is 11.6 Å². The molecular weight excluding hydrogens is 404 g/mol. The number of piperazine rings is 1. The Balaban J connectivity index is 1.41. The van der Waals surface area contributed by atoms with Crippen LogP contribution in [0.2, 0.25) is 5.02 Å². The van der Waals surface area contributed by atoms with E-state index >= 15 is 0 Å². The van der Waals surface area contributed by atoms with Crippen molar-refractivity contribution in [2.24, 2.45) is 0 Å². The van der Waals surface area contributed by atoms with Crippen LogP contribution < -0.4 is 0 Å². The van der Waals surface area contributed by atoms with Crippen LogP contribution in [-0.4, -0.2) is 73.9 Å². The van der Waals surface area contributed by atoms with Crippen molar-refractivity contribution in [2.75, 3.05) is 19.6 Å². The number of halogens is 1. The van der Waals surface area contributed by atoms with Crippen LogP contribution in [0.15, 0.2) is 48.7 Å². The Hall–Kier alpha value is -2.32. The number of pyridine rings is 1. The minimum atomic E-state index is -0.786. The van der Waals surface area contributed by atoms with Gasteiger partial charge < -0.3 is 5.11 Å². The smallest absolute Gasteiger partial charge is 0.252 e. The summed E-state index contributed by atoms with van der Waals surface area (Å²) in [4.78, 5) is 36.6. The molecule has 1 aromatic heterocycles. The molecule has 30 heavy (non-hydrogen) atoms. The highest BCUT2D eigenvalue weighted by Gasteiger charge is 2.64. The maximum atomic E-state index is 13.6. The molecule has 8 heteroatoms. The van der Waals surface area contributed by atoms with Crippen LogP contribution in [0.3, 0.4) is 0 Å². The van der Waals surface area contributed by atoms with Gasteiger partial charge in [-0.3, -0.25) is 29.3 Å². The van der Waals surface area contributed by atoms with E-state index in [1.165, 1.54) is 4.90 Å². The van der Waals surface area contributed by atoms with Gasteiger partial charge >= 0.3 is 0 Å². The first-order chi connectivity index (χ1) is 14.5. The predicted octanol–water partition coefficient (Wildman–Crippen LogP) is 1.29. The molecule has 3 saturated heterocycles. The standard InChI is InChI=1S/C22H23ClN4O3/c23-18-7-2-1-5-15(18)10-26-20(29)19-9-17(28)12-27(19)22(21(26)30)13-25(14-22)11-16-6-3-4-8-24-16/h1-8,17,19,28H,9-14H2/t17-,19+/m1/s1. The number of aliphatic hydroxyl groups is 1. The fraction of sp³-hybridized carbons (Fsp3) is 0.409. The van der Waals surface area contributed by atoms with Crippen molar-refractivity contribution in [3.63, 3.8) is 0 Å². The minimum absolute atomic E-state index is 0.153. The summed E-state index contributed by atoms with van der Waals surface area (Å²) < 4.78 is 0. The molecule has 0 unspecified atom stereocenters. The maximum absolute atomic E-state index is 13.6. The second-order valence-electron chi connectivity index (χ2n) is 8.38. The van der Waals surface area contributed by atoms with Crippen molar-refractivity contribution in [2.45, 2.75) is 37.2 Å². The number of rotatable bonds is 4. The van der Waals surface area contributed by atoms with Gasteiger partial charge in [0.25, 0.3) is 5.91 Å². The third-order valence-electron chi connectivity index (χ3n) is 6.39. The van der Waals surface area contributed by atoms with E-state index in [1.54, 1.807) is 12.3 Å². The molecule has 1 N–H and O–H groups in total. The maximum Gasteiger partial charge on any atom is 0.252 e. The molecule has 3 aliphatic rings. The molecule has 0 saturated carbocycles. The Labute approximate surface area is 179 Å². The molecule has 7 nitrogen and oxygen atoms in total. The number of hydrogen-bond acceptors (Lipinski definition) is 6. The lowest BCUT2D eigenvalue weighted by atomic mass is 9.82.